The summed E-state index contributed by atoms with van der Waals surface area (Å²) in [5, 5.41) is 12.5. The molecule has 218 valence electrons. The predicted molar refractivity (Wildman–Crippen MR) is 200 cm³/mol. The number of fused-ring (bicyclic) bond motifs is 8. The Kier molecular flexibility index (Phi) is 5.64. The second kappa shape index (κ2) is 10.2. The van der Waals surface area contributed by atoms with Crippen LogP contribution in [0.2, 0.25) is 0 Å². The Morgan fingerprint density at radius 2 is 0.830 bits per heavy atom. The highest BCUT2D eigenvalue weighted by Gasteiger charge is 2.19. The van der Waals surface area contributed by atoms with Gasteiger partial charge in [-0.05, 0) is 94.7 Å². The molecular formula is C46H28O. The summed E-state index contributed by atoms with van der Waals surface area (Å²) in [6.45, 7) is 0. The highest BCUT2D eigenvalue weighted by molar-refractivity contribution is 6.26. The van der Waals surface area contributed by atoms with Crippen LogP contribution in [0.15, 0.2) is 174 Å². The zero-order valence-electron chi connectivity index (χ0n) is 25.6. The van der Waals surface area contributed by atoms with Crippen LogP contribution in [0.4, 0.5) is 0 Å². The molecule has 0 saturated carbocycles. The summed E-state index contributed by atoms with van der Waals surface area (Å²) in [5.74, 6) is 0. The topological polar surface area (TPSA) is 13.1 Å². The highest BCUT2D eigenvalue weighted by atomic mass is 16.3. The molecule has 1 heterocycles. The first-order valence-electron chi connectivity index (χ1n) is 16.2. The van der Waals surface area contributed by atoms with Crippen molar-refractivity contribution in [2.24, 2.45) is 0 Å². The lowest BCUT2D eigenvalue weighted by Crippen LogP contribution is -1.92. The van der Waals surface area contributed by atoms with Gasteiger partial charge in [0, 0.05) is 10.8 Å². The van der Waals surface area contributed by atoms with Gasteiger partial charge in [0.15, 0.2) is 0 Å². The SMILES string of the molecule is c1ccc2c(c1)ccc1cccc(-c3c4ccccc4c(-c4ccc(-c5ccc6oc7ccccc7c6c5)cc4)c4ccccc34)c12. The van der Waals surface area contributed by atoms with E-state index in [0.29, 0.717) is 0 Å². The molecule has 0 spiro atoms. The van der Waals surface area contributed by atoms with Crippen LogP contribution in [0.5, 0.6) is 0 Å². The largest absolute Gasteiger partial charge is 0.456 e. The molecule has 0 amide bonds. The van der Waals surface area contributed by atoms with Crippen molar-refractivity contribution in [1.82, 2.24) is 0 Å². The average Bonchev–Trinajstić information content (AvgIpc) is 3.52. The molecule has 0 aliphatic carbocycles. The molecule has 0 fully saturated rings. The van der Waals surface area contributed by atoms with Gasteiger partial charge in [0.05, 0.1) is 0 Å². The molecule has 0 N–H and O–H groups in total. The third-order valence-electron chi connectivity index (χ3n) is 9.85. The zero-order chi connectivity index (χ0) is 30.9. The quantitative estimate of drug-likeness (QED) is 0.146. The Labute approximate surface area is 271 Å². The maximum Gasteiger partial charge on any atom is 0.135 e. The van der Waals surface area contributed by atoms with Gasteiger partial charge in [0.1, 0.15) is 11.2 Å². The van der Waals surface area contributed by atoms with Gasteiger partial charge in [-0.25, -0.2) is 0 Å². The zero-order valence-corrected chi connectivity index (χ0v) is 25.6. The molecule has 10 rings (SSSR count). The highest BCUT2D eigenvalue weighted by Crippen LogP contribution is 2.46. The molecule has 0 saturated heterocycles. The second-order valence-corrected chi connectivity index (χ2v) is 12.4. The fourth-order valence-electron chi connectivity index (χ4n) is 7.73. The van der Waals surface area contributed by atoms with E-state index in [4.69, 9.17) is 4.42 Å². The van der Waals surface area contributed by atoms with E-state index in [1.807, 2.05) is 12.1 Å². The number of rotatable bonds is 3. The van der Waals surface area contributed by atoms with Gasteiger partial charge in [0.2, 0.25) is 0 Å². The second-order valence-electron chi connectivity index (χ2n) is 12.4. The fourth-order valence-corrected chi connectivity index (χ4v) is 7.73. The van der Waals surface area contributed by atoms with Gasteiger partial charge in [-0.3, -0.25) is 0 Å². The summed E-state index contributed by atoms with van der Waals surface area (Å²) < 4.78 is 6.09. The Morgan fingerprint density at radius 3 is 1.57 bits per heavy atom. The summed E-state index contributed by atoms with van der Waals surface area (Å²) in [6, 6.07) is 61.7. The molecule has 0 radical (unpaired) electrons. The van der Waals surface area contributed by atoms with Gasteiger partial charge in [0.25, 0.3) is 0 Å². The smallest absolute Gasteiger partial charge is 0.135 e. The van der Waals surface area contributed by atoms with Gasteiger partial charge in [-0.2, -0.15) is 0 Å². The molecule has 0 bridgehead atoms. The van der Waals surface area contributed by atoms with E-state index >= 15 is 0 Å². The number of para-hydroxylation sites is 1. The molecule has 47 heavy (non-hydrogen) atoms. The van der Waals surface area contributed by atoms with E-state index in [0.717, 1.165) is 21.9 Å². The van der Waals surface area contributed by atoms with Crippen LogP contribution in [0.25, 0.3) is 98.4 Å². The van der Waals surface area contributed by atoms with Crippen molar-refractivity contribution in [3.8, 4) is 33.4 Å². The summed E-state index contributed by atoms with van der Waals surface area (Å²) in [6.07, 6.45) is 0. The van der Waals surface area contributed by atoms with Crippen molar-refractivity contribution in [3.05, 3.63) is 170 Å². The first-order chi connectivity index (χ1) is 23.3. The number of furan rings is 1. The van der Waals surface area contributed by atoms with Crippen molar-refractivity contribution in [2.45, 2.75) is 0 Å². The lowest BCUT2D eigenvalue weighted by atomic mass is 9.84. The molecule has 10 aromatic rings. The van der Waals surface area contributed by atoms with E-state index < -0.39 is 0 Å². The van der Waals surface area contributed by atoms with Gasteiger partial charge in [-0.15, -0.1) is 0 Å². The average molecular weight is 597 g/mol. The van der Waals surface area contributed by atoms with Crippen LogP contribution < -0.4 is 0 Å². The number of benzene rings is 9. The van der Waals surface area contributed by atoms with Crippen LogP contribution in [-0.4, -0.2) is 0 Å². The first-order valence-corrected chi connectivity index (χ1v) is 16.2. The first kappa shape index (κ1) is 26.1. The lowest BCUT2D eigenvalue weighted by Gasteiger charge is -2.19. The molecule has 0 unspecified atom stereocenters. The minimum absolute atomic E-state index is 0.920. The molecule has 1 aromatic heterocycles. The maximum atomic E-state index is 6.09. The summed E-state index contributed by atoms with van der Waals surface area (Å²) in [5.41, 5.74) is 9.27. The Bertz CT molecular complexity index is 2780. The predicted octanol–water partition coefficient (Wildman–Crippen LogP) is 13.2. The minimum Gasteiger partial charge on any atom is -0.456 e. The summed E-state index contributed by atoms with van der Waals surface area (Å²) in [4.78, 5) is 0. The summed E-state index contributed by atoms with van der Waals surface area (Å²) >= 11 is 0. The van der Waals surface area contributed by atoms with E-state index in [1.165, 1.54) is 76.5 Å². The van der Waals surface area contributed by atoms with E-state index in [2.05, 4.69) is 158 Å². The van der Waals surface area contributed by atoms with Gasteiger partial charge in [-0.1, -0.05) is 152 Å². The lowest BCUT2D eigenvalue weighted by molar-refractivity contribution is 0.669. The van der Waals surface area contributed by atoms with Crippen LogP contribution >= 0.6 is 0 Å². The van der Waals surface area contributed by atoms with Crippen LogP contribution in [0, 0.1) is 0 Å². The molecule has 0 atom stereocenters. The number of hydrogen-bond donors (Lipinski definition) is 0. The Balaban J connectivity index is 1.19. The number of hydrogen-bond acceptors (Lipinski definition) is 1. The van der Waals surface area contributed by atoms with Crippen molar-refractivity contribution in [1.29, 1.82) is 0 Å². The van der Waals surface area contributed by atoms with Gasteiger partial charge >= 0.3 is 0 Å². The van der Waals surface area contributed by atoms with Crippen LogP contribution in [-0.2, 0) is 0 Å². The molecule has 1 heteroatoms. The fraction of sp³-hybridized carbons (Fsp3) is 0. The molecule has 0 aliphatic heterocycles. The molecule has 1 nitrogen and oxygen atoms in total. The van der Waals surface area contributed by atoms with Crippen LogP contribution in [0.3, 0.4) is 0 Å². The maximum absolute atomic E-state index is 6.09. The standard InChI is InChI=1S/C46H28O/c1-2-12-34-30(10-1)22-25-31-11-9-18-40(44(31)34)46-38-16-5-3-14-36(38)45(37-15-4-6-17-39(37)46)32-23-20-29(21-24-32)33-26-27-43-41(28-33)35-13-7-8-19-42(35)47-43/h1-28H. The molecule has 9 aromatic carbocycles. The van der Waals surface area contributed by atoms with E-state index in [9.17, 15) is 0 Å². The molecule has 0 aliphatic rings. The van der Waals surface area contributed by atoms with E-state index in [1.54, 1.807) is 0 Å². The third kappa shape index (κ3) is 3.97. The van der Waals surface area contributed by atoms with E-state index in [-0.39, 0.29) is 0 Å². The molecular weight excluding hydrogens is 569 g/mol. The van der Waals surface area contributed by atoms with Crippen molar-refractivity contribution in [2.75, 3.05) is 0 Å². The Hall–Kier alpha value is -6.18. The van der Waals surface area contributed by atoms with Crippen molar-refractivity contribution >= 4 is 65.0 Å². The normalized spacial score (nSPS) is 11.8. The Morgan fingerprint density at radius 1 is 0.298 bits per heavy atom. The van der Waals surface area contributed by atoms with Crippen molar-refractivity contribution < 1.29 is 4.42 Å². The monoisotopic (exact) mass is 596 g/mol. The minimum atomic E-state index is 0.920. The van der Waals surface area contributed by atoms with Gasteiger partial charge < -0.3 is 4.42 Å². The summed E-state index contributed by atoms with van der Waals surface area (Å²) in [7, 11) is 0. The van der Waals surface area contributed by atoms with Crippen LogP contribution in [0.1, 0.15) is 0 Å². The third-order valence-corrected chi connectivity index (χ3v) is 9.85. The van der Waals surface area contributed by atoms with Crippen molar-refractivity contribution in [3.63, 3.8) is 0 Å².